The van der Waals surface area contributed by atoms with Gasteiger partial charge in [-0.25, -0.2) is 8.42 Å². The molecule has 11 heteroatoms. The van der Waals surface area contributed by atoms with E-state index < -0.39 is 20.9 Å². The van der Waals surface area contributed by atoms with Gasteiger partial charge in [0.1, 0.15) is 4.90 Å². The molecule has 1 aromatic heterocycles. The Balaban J connectivity index is 1.60. The van der Waals surface area contributed by atoms with Gasteiger partial charge in [0.15, 0.2) is 0 Å². The van der Waals surface area contributed by atoms with Crippen molar-refractivity contribution in [1.82, 2.24) is 4.98 Å². The lowest BCUT2D eigenvalue weighted by Crippen LogP contribution is -2.16. The van der Waals surface area contributed by atoms with Crippen LogP contribution in [0.2, 0.25) is 0 Å². The van der Waals surface area contributed by atoms with E-state index in [0.29, 0.717) is 0 Å². The van der Waals surface area contributed by atoms with Gasteiger partial charge in [0, 0.05) is 33.2 Å². The maximum atomic E-state index is 13.0. The highest BCUT2D eigenvalue weighted by atomic mass is 79.9. The molecule has 0 aliphatic heterocycles. The number of fused-ring (bicyclic) bond motifs is 1. The molecule has 166 valence electrons. The maximum Gasteiger partial charge on any atom is 0.271 e. The van der Waals surface area contributed by atoms with Crippen LogP contribution in [0.1, 0.15) is 10.4 Å². The second kappa shape index (κ2) is 8.96. The zero-order chi connectivity index (χ0) is 23.6. The highest BCUT2D eigenvalue weighted by Gasteiger charge is 2.21. The number of halogens is 1. The monoisotopic (exact) mass is 526 g/mol. The Kier molecular flexibility index (Phi) is 6.07. The molecule has 0 bridgehead atoms. The van der Waals surface area contributed by atoms with Gasteiger partial charge in [-0.15, -0.1) is 0 Å². The number of non-ortho nitro benzene ring substituents is 1. The zero-order valence-electron chi connectivity index (χ0n) is 16.7. The predicted octanol–water partition coefficient (Wildman–Crippen LogP) is 4.96. The molecule has 4 aromatic rings. The lowest BCUT2D eigenvalue weighted by molar-refractivity contribution is -0.384. The first-order chi connectivity index (χ1) is 15.7. The first-order valence-electron chi connectivity index (χ1n) is 9.46. The van der Waals surface area contributed by atoms with E-state index >= 15 is 0 Å². The molecule has 0 aliphatic carbocycles. The van der Waals surface area contributed by atoms with Crippen LogP contribution in [-0.2, 0) is 10.0 Å². The van der Waals surface area contributed by atoms with Gasteiger partial charge in [0.2, 0.25) is 0 Å². The third-order valence-corrected chi connectivity index (χ3v) is 7.02. The second-order valence-corrected chi connectivity index (χ2v) is 9.43. The molecular weight excluding hydrogens is 512 g/mol. The highest BCUT2D eigenvalue weighted by molar-refractivity contribution is 9.10. The topological polar surface area (TPSA) is 131 Å². The minimum Gasteiger partial charge on any atom is -0.322 e. The molecular formula is C22H15BrN4O5S. The van der Waals surface area contributed by atoms with E-state index in [1.54, 1.807) is 6.07 Å². The van der Waals surface area contributed by atoms with Gasteiger partial charge in [-0.05, 0) is 52.3 Å². The minimum absolute atomic E-state index is 0.0571. The number of pyridine rings is 1. The number of nitrogens with one attached hydrogen (secondary N) is 2. The van der Waals surface area contributed by atoms with Crippen LogP contribution in [0.5, 0.6) is 0 Å². The molecule has 0 saturated carbocycles. The van der Waals surface area contributed by atoms with Crippen molar-refractivity contribution in [1.29, 1.82) is 0 Å². The molecule has 0 aliphatic rings. The average molecular weight is 527 g/mol. The fourth-order valence-corrected chi connectivity index (χ4v) is 5.11. The summed E-state index contributed by atoms with van der Waals surface area (Å²) in [6.45, 7) is 0. The van der Waals surface area contributed by atoms with Gasteiger partial charge in [0.05, 0.1) is 22.3 Å². The molecule has 0 saturated heterocycles. The van der Waals surface area contributed by atoms with E-state index in [9.17, 15) is 23.3 Å². The number of rotatable bonds is 6. The lowest BCUT2D eigenvalue weighted by Gasteiger charge is -2.12. The van der Waals surface area contributed by atoms with Crippen LogP contribution in [0.4, 0.5) is 17.1 Å². The molecule has 2 N–H and O–H groups in total. The Labute approximate surface area is 196 Å². The number of hydrogen-bond donors (Lipinski definition) is 2. The van der Waals surface area contributed by atoms with E-state index in [4.69, 9.17) is 0 Å². The van der Waals surface area contributed by atoms with Gasteiger partial charge < -0.3 is 5.32 Å². The van der Waals surface area contributed by atoms with Crippen molar-refractivity contribution in [2.24, 2.45) is 0 Å². The van der Waals surface area contributed by atoms with Crippen molar-refractivity contribution < 1.29 is 18.1 Å². The summed E-state index contributed by atoms with van der Waals surface area (Å²) in [5.74, 6) is -0.619. The standard InChI is InChI=1S/C22H15BrN4O5S/c23-19-9-8-15(22(28)25-16-5-3-6-18(12-16)27(29)30)11-21(19)33(31,32)26-17-10-14-4-1-2-7-20(14)24-13-17/h1-13,26H,(H,25,28). The molecule has 3 aromatic carbocycles. The van der Waals surface area contributed by atoms with E-state index in [1.165, 1.54) is 48.7 Å². The summed E-state index contributed by atoms with van der Waals surface area (Å²) >= 11 is 3.22. The van der Waals surface area contributed by atoms with Crippen LogP contribution in [0, 0.1) is 10.1 Å². The number of hydrogen-bond acceptors (Lipinski definition) is 6. The fourth-order valence-electron chi connectivity index (χ4n) is 3.09. The number of carbonyl (C=O) groups is 1. The highest BCUT2D eigenvalue weighted by Crippen LogP contribution is 2.27. The van der Waals surface area contributed by atoms with Gasteiger partial charge >= 0.3 is 0 Å². The summed E-state index contributed by atoms with van der Waals surface area (Å²) in [5, 5.41) is 14.2. The van der Waals surface area contributed by atoms with Gasteiger partial charge in [0.25, 0.3) is 21.6 Å². The van der Waals surface area contributed by atoms with Crippen molar-refractivity contribution in [3.63, 3.8) is 0 Å². The van der Waals surface area contributed by atoms with E-state index in [1.807, 2.05) is 24.3 Å². The first kappa shape index (κ1) is 22.4. The van der Waals surface area contributed by atoms with Gasteiger partial charge in [-0.2, -0.15) is 0 Å². The summed E-state index contributed by atoms with van der Waals surface area (Å²) in [6.07, 6.45) is 1.41. The molecule has 1 heterocycles. The Hall–Kier alpha value is -3.83. The number of sulfonamides is 1. The molecule has 0 radical (unpaired) electrons. The number of amides is 1. The summed E-state index contributed by atoms with van der Waals surface area (Å²) in [7, 11) is -4.07. The number of nitrogens with zero attached hydrogens (tertiary/aromatic N) is 2. The Bertz CT molecular complexity index is 1510. The van der Waals surface area contributed by atoms with Crippen LogP contribution < -0.4 is 10.0 Å². The molecule has 9 nitrogen and oxygen atoms in total. The largest absolute Gasteiger partial charge is 0.322 e. The van der Waals surface area contributed by atoms with Crippen molar-refractivity contribution in [2.45, 2.75) is 4.90 Å². The van der Waals surface area contributed by atoms with Crippen LogP contribution in [0.3, 0.4) is 0 Å². The minimum atomic E-state index is -4.07. The summed E-state index contributed by atoms with van der Waals surface area (Å²) in [5.41, 5.74) is 1.08. The number of anilines is 2. The number of para-hydroxylation sites is 1. The number of aromatic nitrogens is 1. The lowest BCUT2D eigenvalue weighted by atomic mass is 10.2. The number of carbonyl (C=O) groups excluding carboxylic acids is 1. The van der Waals surface area contributed by atoms with Gasteiger partial charge in [-0.3, -0.25) is 24.6 Å². The summed E-state index contributed by atoms with van der Waals surface area (Å²) in [4.78, 5) is 27.1. The van der Waals surface area contributed by atoms with E-state index in [-0.39, 0.29) is 32.0 Å². The maximum absolute atomic E-state index is 13.0. The summed E-state index contributed by atoms with van der Waals surface area (Å²) < 4.78 is 28.8. The quantitative estimate of drug-likeness (QED) is 0.269. The van der Waals surface area contributed by atoms with Crippen molar-refractivity contribution in [2.75, 3.05) is 10.0 Å². The average Bonchev–Trinajstić information content (AvgIpc) is 2.79. The Morgan fingerprint density at radius 2 is 1.76 bits per heavy atom. The van der Waals surface area contributed by atoms with Crippen molar-refractivity contribution in [3.8, 4) is 0 Å². The second-order valence-electron chi connectivity index (χ2n) is 6.93. The number of nitro groups is 1. The van der Waals surface area contributed by atoms with Crippen LogP contribution in [0.25, 0.3) is 10.9 Å². The van der Waals surface area contributed by atoms with Crippen LogP contribution >= 0.6 is 15.9 Å². The third-order valence-electron chi connectivity index (χ3n) is 4.64. The molecule has 0 atom stereocenters. The van der Waals surface area contributed by atoms with Crippen molar-refractivity contribution >= 4 is 59.8 Å². The Morgan fingerprint density at radius 1 is 0.970 bits per heavy atom. The molecule has 0 spiro atoms. The number of benzene rings is 3. The molecule has 0 fully saturated rings. The zero-order valence-corrected chi connectivity index (χ0v) is 19.1. The summed E-state index contributed by atoms with van der Waals surface area (Å²) in [6, 6.07) is 18.5. The molecule has 33 heavy (non-hydrogen) atoms. The van der Waals surface area contributed by atoms with Crippen LogP contribution in [-0.4, -0.2) is 24.2 Å². The molecule has 1 amide bonds. The molecule has 4 rings (SSSR count). The van der Waals surface area contributed by atoms with E-state index in [0.717, 1.165) is 10.9 Å². The SMILES string of the molecule is O=C(Nc1cccc([N+](=O)[O-])c1)c1ccc(Br)c(S(=O)(=O)Nc2cnc3ccccc3c2)c1. The first-order valence-corrected chi connectivity index (χ1v) is 11.7. The van der Waals surface area contributed by atoms with E-state index in [2.05, 4.69) is 31.0 Å². The molecule has 0 unspecified atom stereocenters. The van der Waals surface area contributed by atoms with Crippen LogP contribution in [0.15, 0.2) is 88.4 Å². The predicted molar refractivity (Wildman–Crippen MR) is 128 cm³/mol. The smallest absolute Gasteiger partial charge is 0.271 e. The fraction of sp³-hybridized carbons (Fsp3) is 0. The third kappa shape index (κ3) is 4.99. The van der Waals surface area contributed by atoms with Gasteiger partial charge in [-0.1, -0.05) is 24.3 Å². The Morgan fingerprint density at radius 3 is 2.55 bits per heavy atom. The normalized spacial score (nSPS) is 11.2. The van der Waals surface area contributed by atoms with Crippen molar-refractivity contribution in [3.05, 3.63) is 99.1 Å². The number of nitro benzene ring substituents is 1.